The van der Waals surface area contributed by atoms with Gasteiger partial charge in [0.1, 0.15) is 5.58 Å². The number of carbonyl (C=O) groups is 1. The van der Waals surface area contributed by atoms with Crippen LogP contribution < -0.4 is 5.32 Å². The Morgan fingerprint density at radius 1 is 1.17 bits per heavy atom. The average Bonchev–Trinajstić information content (AvgIpc) is 3.21. The van der Waals surface area contributed by atoms with Gasteiger partial charge in [0.25, 0.3) is 5.91 Å². The number of para-hydroxylation sites is 1. The Labute approximate surface area is 137 Å². The second-order valence-electron chi connectivity index (χ2n) is 5.32. The molecule has 0 aliphatic heterocycles. The number of furan rings is 1. The van der Waals surface area contributed by atoms with Gasteiger partial charge in [-0.3, -0.25) is 9.78 Å². The fraction of sp³-hybridized carbons (Fsp3) is 0.0556. The zero-order valence-electron chi connectivity index (χ0n) is 12.8. The summed E-state index contributed by atoms with van der Waals surface area (Å²) in [6.45, 7) is 1.85. The number of hydrogen-bond donors (Lipinski definition) is 1. The molecule has 118 valence electrons. The summed E-state index contributed by atoms with van der Waals surface area (Å²) in [6, 6.07) is 12.8. The molecule has 0 aliphatic rings. The number of rotatable bonds is 3. The maximum Gasteiger partial charge on any atom is 0.292 e. The molecule has 0 spiro atoms. The maximum absolute atomic E-state index is 12.5. The number of nitrogens with zero attached hydrogens (tertiary/aromatic N) is 2. The SMILES string of the molecule is Cc1c(C(=O)Nc2cc(-c3cccnc3)on2)oc2ccccc12. The van der Waals surface area contributed by atoms with E-state index in [1.165, 1.54) is 0 Å². The van der Waals surface area contributed by atoms with Crippen molar-refractivity contribution in [3.63, 3.8) is 0 Å². The van der Waals surface area contributed by atoms with Crippen LogP contribution in [-0.4, -0.2) is 16.0 Å². The van der Waals surface area contributed by atoms with Crippen LogP contribution in [-0.2, 0) is 0 Å². The standard InChI is InChI=1S/C18H13N3O3/c1-11-13-6-2-3-7-14(13)23-17(11)18(22)20-16-9-15(24-21-16)12-5-4-8-19-10-12/h2-10H,1H3,(H,20,21,22). The minimum absolute atomic E-state index is 0.266. The van der Waals surface area contributed by atoms with E-state index in [2.05, 4.69) is 15.5 Å². The zero-order chi connectivity index (χ0) is 16.5. The number of pyridine rings is 1. The highest BCUT2D eigenvalue weighted by molar-refractivity contribution is 6.06. The molecule has 0 aliphatic carbocycles. The molecule has 0 unspecified atom stereocenters. The summed E-state index contributed by atoms with van der Waals surface area (Å²) in [5.41, 5.74) is 2.25. The quantitative estimate of drug-likeness (QED) is 0.616. The summed E-state index contributed by atoms with van der Waals surface area (Å²) in [4.78, 5) is 16.5. The molecule has 1 amide bonds. The lowest BCUT2D eigenvalue weighted by Gasteiger charge is -1.98. The van der Waals surface area contributed by atoms with E-state index in [0.29, 0.717) is 17.2 Å². The summed E-state index contributed by atoms with van der Waals surface area (Å²) in [5.74, 6) is 0.746. The first-order chi connectivity index (χ1) is 11.7. The van der Waals surface area contributed by atoms with Gasteiger partial charge in [-0.1, -0.05) is 23.4 Å². The molecule has 24 heavy (non-hydrogen) atoms. The molecule has 0 bridgehead atoms. The van der Waals surface area contributed by atoms with E-state index in [1.54, 1.807) is 24.5 Å². The molecule has 0 fully saturated rings. The second-order valence-corrected chi connectivity index (χ2v) is 5.32. The van der Waals surface area contributed by atoms with Crippen LogP contribution in [0.3, 0.4) is 0 Å². The van der Waals surface area contributed by atoms with E-state index in [9.17, 15) is 4.79 Å². The summed E-state index contributed by atoms with van der Waals surface area (Å²) in [5, 5.41) is 7.47. The van der Waals surface area contributed by atoms with Crippen molar-refractivity contribution in [1.29, 1.82) is 0 Å². The highest BCUT2D eigenvalue weighted by Crippen LogP contribution is 2.26. The van der Waals surface area contributed by atoms with Gasteiger partial charge in [-0.2, -0.15) is 0 Å². The van der Waals surface area contributed by atoms with Gasteiger partial charge in [-0.05, 0) is 25.1 Å². The third-order valence-electron chi connectivity index (χ3n) is 3.75. The van der Waals surface area contributed by atoms with Gasteiger partial charge in [-0.15, -0.1) is 0 Å². The van der Waals surface area contributed by atoms with Crippen LogP contribution in [0.1, 0.15) is 16.1 Å². The normalized spacial score (nSPS) is 10.9. The minimum Gasteiger partial charge on any atom is -0.451 e. The number of carbonyl (C=O) groups excluding carboxylic acids is 1. The Morgan fingerprint density at radius 2 is 2.04 bits per heavy atom. The van der Waals surface area contributed by atoms with Crippen molar-refractivity contribution in [2.24, 2.45) is 0 Å². The lowest BCUT2D eigenvalue weighted by atomic mass is 10.1. The van der Waals surface area contributed by atoms with Crippen molar-refractivity contribution in [3.8, 4) is 11.3 Å². The molecule has 3 heterocycles. The number of amides is 1. The summed E-state index contributed by atoms with van der Waals surface area (Å²) >= 11 is 0. The molecule has 1 N–H and O–H groups in total. The van der Waals surface area contributed by atoms with Crippen LogP contribution in [0.15, 0.2) is 63.8 Å². The summed E-state index contributed by atoms with van der Waals surface area (Å²) < 4.78 is 10.9. The molecule has 6 heteroatoms. The fourth-order valence-corrected chi connectivity index (χ4v) is 2.54. The fourth-order valence-electron chi connectivity index (χ4n) is 2.54. The number of fused-ring (bicyclic) bond motifs is 1. The number of benzene rings is 1. The third-order valence-corrected chi connectivity index (χ3v) is 3.75. The van der Waals surface area contributed by atoms with Crippen molar-refractivity contribution >= 4 is 22.7 Å². The first-order valence-corrected chi connectivity index (χ1v) is 7.39. The van der Waals surface area contributed by atoms with Crippen molar-refractivity contribution < 1.29 is 13.7 Å². The molecule has 0 radical (unpaired) electrons. The lowest BCUT2D eigenvalue weighted by Crippen LogP contribution is -2.12. The predicted molar refractivity (Wildman–Crippen MR) is 88.6 cm³/mol. The highest BCUT2D eigenvalue weighted by Gasteiger charge is 2.19. The van der Waals surface area contributed by atoms with Gasteiger partial charge in [-0.25, -0.2) is 0 Å². The van der Waals surface area contributed by atoms with Gasteiger partial charge < -0.3 is 14.3 Å². The van der Waals surface area contributed by atoms with Crippen LogP contribution in [0.5, 0.6) is 0 Å². The van der Waals surface area contributed by atoms with E-state index in [1.807, 2.05) is 37.3 Å². The largest absolute Gasteiger partial charge is 0.451 e. The van der Waals surface area contributed by atoms with E-state index in [4.69, 9.17) is 8.94 Å². The molecular weight excluding hydrogens is 306 g/mol. The van der Waals surface area contributed by atoms with E-state index in [0.717, 1.165) is 16.5 Å². The van der Waals surface area contributed by atoms with Gasteiger partial charge in [0.05, 0.1) is 0 Å². The van der Waals surface area contributed by atoms with E-state index in [-0.39, 0.29) is 11.7 Å². The summed E-state index contributed by atoms with van der Waals surface area (Å²) in [6.07, 6.45) is 3.34. The molecule has 0 saturated carbocycles. The van der Waals surface area contributed by atoms with Crippen molar-refractivity contribution in [2.45, 2.75) is 6.92 Å². The Hall–Kier alpha value is -3.41. The smallest absolute Gasteiger partial charge is 0.292 e. The Bertz CT molecular complexity index is 1020. The molecule has 4 rings (SSSR count). The van der Waals surface area contributed by atoms with Gasteiger partial charge >= 0.3 is 0 Å². The number of anilines is 1. The molecular formula is C18H13N3O3. The van der Waals surface area contributed by atoms with Crippen LogP contribution in [0.2, 0.25) is 0 Å². The first-order valence-electron chi connectivity index (χ1n) is 7.39. The minimum atomic E-state index is -0.366. The van der Waals surface area contributed by atoms with Crippen molar-refractivity contribution in [2.75, 3.05) is 5.32 Å². The van der Waals surface area contributed by atoms with Gasteiger partial charge in [0, 0.05) is 35.0 Å². The Balaban J connectivity index is 1.60. The van der Waals surface area contributed by atoms with Crippen LogP contribution >= 0.6 is 0 Å². The summed E-state index contributed by atoms with van der Waals surface area (Å²) in [7, 11) is 0. The van der Waals surface area contributed by atoms with Crippen LogP contribution in [0.25, 0.3) is 22.3 Å². The number of aromatic nitrogens is 2. The van der Waals surface area contributed by atoms with E-state index < -0.39 is 0 Å². The second kappa shape index (κ2) is 5.66. The average molecular weight is 319 g/mol. The highest BCUT2D eigenvalue weighted by atomic mass is 16.5. The van der Waals surface area contributed by atoms with Crippen molar-refractivity contribution in [1.82, 2.24) is 10.1 Å². The van der Waals surface area contributed by atoms with Gasteiger partial charge in [0.15, 0.2) is 17.3 Å². The predicted octanol–water partition coefficient (Wildman–Crippen LogP) is 4.04. The molecule has 4 aromatic rings. The third kappa shape index (κ3) is 2.44. The lowest BCUT2D eigenvalue weighted by molar-refractivity contribution is 0.0997. The molecule has 0 saturated heterocycles. The van der Waals surface area contributed by atoms with Crippen LogP contribution in [0, 0.1) is 6.92 Å². The molecule has 0 atom stereocenters. The van der Waals surface area contributed by atoms with Crippen molar-refractivity contribution in [3.05, 3.63) is 66.2 Å². The number of aryl methyl sites for hydroxylation is 1. The monoisotopic (exact) mass is 319 g/mol. The Kier molecular flexibility index (Phi) is 3.35. The molecule has 6 nitrogen and oxygen atoms in total. The first kappa shape index (κ1) is 14.2. The number of hydrogen-bond acceptors (Lipinski definition) is 5. The molecule has 3 aromatic heterocycles. The van der Waals surface area contributed by atoms with E-state index >= 15 is 0 Å². The maximum atomic E-state index is 12.5. The zero-order valence-corrected chi connectivity index (χ0v) is 12.8. The Morgan fingerprint density at radius 3 is 2.83 bits per heavy atom. The topological polar surface area (TPSA) is 81.2 Å². The van der Waals surface area contributed by atoms with Crippen LogP contribution in [0.4, 0.5) is 5.82 Å². The van der Waals surface area contributed by atoms with Gasteiger partial charge in [0.2, 0.25) is 0 Å². The number of nitrogens with one attached hydrogen (secondary N) is 1. The molecule has 1 aromatic carbocycles.